The molecule has 6 nitrogen and oxygen atoms in total. The number of benzene rings is 1. The topological polar surface area (TPSA) is 73.5 Å². The molecular formula is C31H34N6. The van der Waals surface area contributed by atoms with Gasteiger partial charge in [-0.25, -0.2) is 4.98 Å². The van der Waals surface area contributed by atoms with Crippen LogP contribution in [0.15, 0.2) is 79.7 Å². The van der Waals surface area contributed by atoms with Crippen molar-refractivity contribution >= 4 is 16.5 Å². The second-order valence-electron chi connectivity index (χ2n) is 9.65. The molecule has 0 aliphatic carbocycles. The van der Waals surface area contributed by atoms with E-state index >= 15 is 0 Å². The Balaban J connectivity index is 1.49. The average molecular weight is 491 g/mol. The first-order chi connectivity index (χ1) is 18.1. The van der Waals surface area contributed by atoms with E-state index in [0.717, 1.165) is 62.6 Å². The van der Waals surface area contributed by atoms with Crippen molar-refractivity contribution in [1.29, 1.82) is 0 Å². The van der Waals surface area contributed by atoms with E-state index in [1.54, 1.807) is 6.08 Å². The Bertz CT molecular complexity index is 1490. The fourth-order valence-electron chi connectivity index (χ4n) is 5.06. The number of H-pyrrole nitrogens is 2. The van der Waals surface area contributed by atoms with E-state index in [9.17, 15) is 0 Å². The second kappa shape index (κ2) is 10.9. The highest BCUT2D eigenvalue weighted by Gasteiger charge is 2.18. The molecule has 1 aliphatic rings. The minimum Gasteiger partial charge on any atom is -0.340 e. The van der Waals surface area contributed by atoms with Gasteiger partial charge < -0.3 is 4.98 Å². The molecule has 5 rings (SSSR count). The van der Waals surface area contributed by atoms with Crippen LogP contribution in [0.3, 0.4) is 0 Å². The molecule has 0 atom stereocenters. The summed E-state index contributed by atoms with van der Waals surface area (Å²) in [6.45, 7) is 15.4. The van der Waals surface area contributed by atoms with E-state index in [4.69, 9.17) is 4.98 Å². The van der Waals surface area contributed by atoms with Gasteiger partial charge in [-0.15, -0.1) is 0 Å². The minimum atomic E-state index is 0.719. The third-order valence-corrected chi connectivity index (χ3v) is 6.91. The van der Waals surface area contributed by atoms with Crippen LogP contribution >= 0.6 is 0 Å². The van der Waals surface area contributed by atoms with E-state index in [2.05, 4.69) is 62.5 Å². The summed E-state index contributed by atoms with van der Waals surface area (Å²) in [5.41, 5.74) is 8.85. The summed E-state index contributed by atoms with van der Waals surface area (Å²) in [4.78, 5) is 15.5. The van der Waals surface area contributed by atoms with Crippen LogP contribution in [0.25, 0.3) is 39.1 Å². The standard InChI is InChI=1S/C31H34N6/c1-5-10-21(3)26(11-6-2)29-22(4)33-31(34-29)30-27-17-24(12-13-28(27)35-36-30)25-16-23(18-32-19-25)20-37-14-8-7-9-15-37/h5-6,10-13,16-19H,2-3,7-9,14-15,20H2,1,4H3,(H,33,34)(H,35,36)/b10-5-,26-11-. The molecule has 4 aromatic rings. The number of allylic oxidation sites excluding steroid dienone is 6. The zero-order chi connectivity index (χ0) is 25.8. The first-order valence-electron chi connectivity index (χ1n) is 12.9. The predicted octanol–water partition coefficient (Wildman–Crippen LogP) is 7.01. The Morgan fingerprint density at radius 2 is 1.95 bits per heavy atom. The molecule has 1 aliphatic heterocycles. The molecule has 3 aromatic heterocycles. The Morgan fingerprint density at radius 1 is 1.11 bits per heavy atom. The number of likely N-dealkylation sites (tertiary alicyclic amines) is 1. The summed E-state index contributed by atoms with van der Waals surface area (Å²) in [6, 6.07) is 8.63. The summed E-state index contributed by atoms with van der Waals surface area (Å²) in [5.74, 6) is 0.719. The summed E-state index contributed by atoms with van der Waals surface area (Å²) in [5, 5.41) is 8.80. The Morgan fingerprint density at radius 3 is 2.73 bits per heavy atom. The lowest BCUT2D eigenvalue weighted by Gasteiger charge is -2.26. The van der Waals surface area contributed by atoms with Crippen molar-refractivity contribution < 1.29 is 0 Å². The fourth-order valence-corrected chi connectivity index (χ4v) is 5.06. The molecule has 188 valence electrons. The van der Waals surface area contributed by atoms with Crippen molar-refractivity contribution in [2.24, 2.45) is 0 Å². The molecule has 4 heterocycles. The van der Waals surface area contributed by atoms with E-state index in [0.29, 0.717) is 0 Å². The quantitative estimate of drug-likeness (QED) is 0.261. The third-order valence-electron chi connectivity index (χ3n) is 6.91. The maximum absolute atomic E-state index is 4.94. The summed E-state index contributed by atoms with van der Waals surface area (Å²) < 4.78 is 0. The number of rotatable bonds is 8. The number of pyridine rings is 1. The zero-order valence-electron chi connectivity index (χ0n) is 21.7. The van der Waals surface area contributed by atoms with Gasteiger partial charge in [0.15, 0.2) is 5.82 Å². The zero-order valence-corrected chi connectivity index (χ0v) is 21.7. The van der Waals surface area contributed by atoms with Crippen LogP contribution in [0.4, 0.5) is 0 Å². The summed E-state index contributed by atoms with van der Waals surface area (Å²) in [7, 11) is 0. The first-order valence-corrected chi connectivity index (χ1v) is 12.9. The molecule has 0 bridgehead atoms. The number of aromatic nitrogens is 5. The predicted molar refractivity (Wildman–Crippen MR) is 153 cm³/mol. The number of nitrogens with zero attached hydrogens (tertiary/aromatic N) is 4. The lowest BCUT2D eigenvalue weighted by Crippen LogP contribution is -2.29. The maximum atomic E-state index is 4.94. The Labute approximate surface area is 218 Å². The van der Waals surface area contributed by atoms with Gasteiger partial charge in [0.1, 0.15) is 5.69 Å². The molecular weight excluding hydrogens is 456 g/mol. The Kier molecular flexibility index (Phi) is 7.28. The molecule has 0 radical (unpaired) electrons. The van der Waals surface area contributed by atoms with Gasteiger partial charge in [0.25, 0.3) is 0 Å². The molecule has 0 unspecified atom stereocenters. The van der Waals surface area contributed by atoms with Crippen LogP contribution in [-0.4, -0.2) is 43.1 Å². The van der Waals surface area contributed by atoms with Gasteiger partial charge in [-0.3, -0.25) is 15.0 Å². The number of aromatic amines is 2. The van der Waals surface area contributed by atoms with Crippen molar-refractivity contribution in [3.05, 3.63) is 96.6 Å². The van der Waals surface area contributed by atoms with Gasteiger partial charge in [0.2, 0.25) is 0 Å². The van der Waals surface area contributed by atoms with Crippen LogP contribution in [0.1, 0.15) is 43.1 Å². The van der Waals surface area contributed by atoms with E-state index in [-0.39, 0.29) is 0 Å². The van der Waals surface area contributed by atoms with Crippen molar-refractivity contribution in [2.75, 3.05) is 13.1 Å². The lowest BCUT2D eigenvalue weighted by atomic mass is 10.0. The summed E-state index contributed by atoms with van der Waals surface area (Å²) in [6.07, 6.45) is 15.5. The fraction of sp³-hybridized carbons (Fsp3) is 0.258. The van der Waals surface area contributed by atoms with Crippen LogP contribution < -0.4 is 0 Å². The van der Waals surface area contributed by atoms with E-state index < -0.39 is 0 Å². The lowest BCUT2D eigenvalue weighted by molar-refractivity contribution is 0.220. The highest BCUT2D eigenvalue weighted by atomic mass is 15.1. The number of fused-ring (bicyclic) bond motifs is 1. The molecule has 1 saturated heterocycles. The molecule has 37 heavy (non-hydrogen) atoms. The van der Waals surface area contributed by atoms with Crippen LogP contribution in [0.5, 0.6) is 0 Å². The second-order valence-corrected chi connectivity index (χ2v) is 9.65. The number of imidazole rings is 1. The smallest absolute Gasteiger partial charge is 0.159 e. The van der Waals surface area contributed by atoms with Crippen molar-refractivity contribution in [3.63, 3.8) is 0 Å². The van der Waals surface area contributed by atoms with Gasteiger partial charge in [0.05, 0.1) is 11.2 Å². The highest BCUT2D eigenvalue weighted by Crippen LogP contribution is 2.32. The molecule has 1 fully saturated rings. The average Bonchev–Trinajstić information content (AvgIpc) is 3.51. The molecule has 2 N–H and O–H groups in total. The monoisotopic (exact) mass is 490 g/mol. The Hall–Kier alpha value is -4.03. The van der Waals surface area contributed by atoms with Gasteiger partial charge in [0, 0.05) is 41.2 Å². The van der Waals surface area contributed by atoms with Crippen molar-refractivity contribution in [1.82, 2.24) is 30.0 Å². The first kappa shape index (κ1) is 24.7. The van der Waals surface area contributed by atoms with Gasteiger partial charge >= 0.3 is 0 Å². The van der Waals surface area contributed by atoms with Crippen molar-refractivity contribution in [2.45, 2.75) is 39.7 Å². The van der Waals surface area contributed by atoms with Gasteiger partial charge in [-0.05, 0) is 74.7 Å². The molecule has 6 heteroatoms. The normalized spacial score (nSPS) is 15.0. The number of piperidine rings is 1. The maximum Gasteiger partial charge on any atom is 0.159 e. The number of hydrogen-bond acceptors (Lipinski definition) is 4. The minimum absolute atomic E-state index is 0.719. The number of aryl methyl sites for hydroxylation is 1. The number of hydrogen-bond donors (Lipinski definition) is 2. The molecule has 0 saturated carbocycles. The van der Waals surface area contributed by atoms with Crippen LogP contribution in [0.2, 0.25) is 0 Å². The SMILES string of the molecule is C=C/C=C(/C(=C)/C=C\C)c1nc(-c2n[nH]c3ccc(-c4cncc(CN5CCCCC5)c4)cc23)[nH]c1C. The third kappa shape index (κ3) is 5.25. The largest absolute Gasteiger partial charge is 0.340 e. The summed E-state index contributed by atoms with van der Waals surface area (Å²) >= 11 is 0. The van der Waals surface area contributed by atoms with E-state index in [1.807, 2.05) is 44.5 Å². The van der Waals surface area contributed by atoms with Gasteiger partial charge in [-0.1, -0.05) is 49.9 Å². The molecule has 0 amide bonds. The molecule has 1 aromatic carbocycles. The van der Waals surface area contributed by atoms with Gasteiger partial charge in [-0.2, -0.15) is 5.10 Å². The van der Waals surface area contributed by atoms with Crippen molar-refractivity contribution in [3.8, 4) is 22.6 Å². The molecule has 0 spiro atoms. The number of nitrogens with one attached hydrogen (secondary N) is 2. The van der Waals surface area contributed by atoms with Crippen LogP contribution in [0, 0.1) is 6.92 Å². The van der Waals surface area contributed by atoms with Crippen LogP contribution in [-0.2, 0) is 6.54 Å². The van der Waals surface area contributed by atoms with E-state index in [1.165, 1.54) is 37.9 Å². The highest BCUT2D eigenvalue weighted by molar-refractivity contribution is 5.95.